The van der Waals surface area contributed by atoms with Gasteiger partial charge >= 0.3 is 59.1 Å². The zero-order valence-electron chi connectivity index (χ0n) is 25.6. The molecule has 0 atom stereocenters. The van der Waals surface area contributed by atoms with E-state index in [-0.39, 0.29) is 106 Å². The number of carboxylic acid groups (broad SMARTS) is 2. The van der Waals surface area contributed by atoms with Gasteiger partial charge < -0.3 is 38.1 Å². The van der Waals surface area contributed by atoms with Crippen LogP contribution in [-0.2, 0) is 13.2 Å². The number of rotatable bonds is 10. The van der Waals surface area contributed by atoms with Gasteiger partial charge in [-0.25, -0.2) is 0 Å². The normalized spacial score (nSPS) is 10.8. The Bertz CT molecular complexity index is 2140. The molecule has 0 unspecified atom stereocenters. The molecule has 0 aliphatic carbocycles. The Morgan fingerprint density at radius 1 is 0.583 bits per heavy atom. The second-order valence-corrected chi connectivity index (χ2v) is 9.90. The molecule has 0 N–H and O–H groups in total. The number of benzene rings is 4. The number of fused-ring (bicyclic) bond motifs is 2. The predicted octanol–water partition coefficient (Wildman–Crippen LogP) is -1.79. The summed E-state index contributed by atoms with van der Waals surface area (Å²) in [4.78, 5) is 47.3. The van der Waals surface area contributed by atoms with Crippen LogP contribution in [0.25, 0.3) is 21.9 Å². The predicted molar refractivity (Wildman–Crippen MR) is 159 cm³/mol. The molecule has 12 nitrogen and oxygen atoms in total. The zero-order valence-corrected chi connectivity index (χ0v) is 29.6. The average molecular weight is 663 g/mol. The summed E-state index contributed by atoms with van der Waals surface area (Å²) in [6.45, 7) is 0.163. The van der Waals surface area contributed by atoms with Gasteiger partial charge in [-0.3, -0.25) is 9.59 Å². The minimum absolute atomic E-state index is 0. The van der Waals surface area contributed by atoms with Crippen LogP contribution in [0, 0.1) is 0 Å². The molecular weight excluding hydrogens is 642 g/mol. The number of carbonyl (C=O) groups is 2. The SMILES string of the molecule is O=C([O-])c1cc(=O)c2c(OCc3cccc(N=Nc4cccc(COc5cccc6oc(C(=O)[O-])cc(=O)c56)c4)c3)cccc2o1.[Na+].[Na+]. The van der Waals surface area contributed by atoms with E-state index in [1.807, 2.05) is 12.1 Å². The van der Waals surface area contributed by atoms with Crippen molar-refractivity contribution in [2.75, 3.05) is 0 Å². The Morgan fingerprint density at radius 2 is 0.979 bits per heavy atom. The fourth-order valence-corrected chi connectivity index (χ4v) is 4.65. The van der Waals surface area contributed by atoms with Gasteiger partial charge in [0.25, 0.3) is 0 Å². The van der Waals surface area contributed by atoms with E-state index in [1.165, 1.54) is 12.1 Å². The summed E-state index contributed by atoms with van der Waals surface area (Å²) in [7, 11) is 0. The molecule has 14 heteroatoms. The third-order valence-corrected chi connectivity index (χ3v) is 6.73. The molecule has 2 heterocycles. The van der Waals surface area contributed by atoms with Crippen molar-refractivity contribution in [3.63, 3.8) is 0 Å². The number of hydrogen-bond donors (Lipinski definition) is 0. The van der Waals surface area contributed by atoms with E-state index in [2.05, 4.69) is 10.2 Å². The van der Waals surface area contributed by atoms with E-state index in [4.69, 9.17) is 18.3 Å². The van der Waals surface area contributed by atoms with Crippen LogP contribution >= 0.6 is 0 Å². The van der Waals surface area contributed by atoms with Crippen LogP contribution in [0.5, 0.6) is 11.5 Å². The van der Waals surface area contributed by atoms with Crippen molar-refractivity contribution in [1.82, 2.24) is 0 Å². The van der Waals surface area contributed by atoms with Crippen molar-refractivity contribution < 1.29 is 97.2 Å². The maximum atomic E-state index is 12.5. The smallest absolute Gasteiger partial charge is 0.542 e. The molecule has 48 heavy (non-hydrogen) atoms. The van der Waals surface area contributed by atoms with E-state index >= 15 is 0 Å². The van der Waals surface area contributed by atoms with Gasteiger partial charge in [0.2, 0.25) is 0 Å². The molecule has 0 aliphatic heterocycles. The quantitative estimate of drug-likeness (QED) is 0.120. The topological polar surface area (TPSA) is 184 Å². The van der Waals surface area contributed by atoms with E-state index in [9.17, 15) is 29.4 Å². The Balaban J connectivity index is 0.00000260. The monoisotopic (exact) mass is 662 g/mol. The number of nitrogens with zero attached hydrogens (tertiary/aromatic N) is 2. The van der Waals surface area contributed by atoms with Gasteiger partial charge in [0.1, 0.15) is 58.6 Å². The van der Waals surface area contributed by atoms with Gasteiger partial charge in [-0.1, -0.05) is 36.4 Å². The van der Waals surface area contributed by atoms with E-state index < -0.39 is 34.3 Å². The van der Waals surface area contributed by atoms with Crippen molar-refractivity contribution in [1.29, 1.82) is 0 Å². The number of azo groups is 1. The molecule has 0 radical (unpaired) electrons. The zero-order chi connectivity index (χ0) is 32.2. The average Bonchev–Trinajstić information content (AvgIpc) is 3.05. The molecule has 0 fully saturated rings. The second kappa shape index (κ2) is 16.0. The number of hydrogen-bond acceptors (Lipinski definition) is 12. The van der Waals surface area contributed by atoms with Crippen LogP contribution in [0.15, 0.2) is 126 Å². The number of carbonyl (C=O) groups excluding carboxylic acids is 2. The Hall–Kier alpha value is -4.56. The van der Waals surface area contributed by atoms with Crippen LogP contribution in [-0.4, -0.2) is 11.9 Å². The summed E-state index contributed by atoms with van der Waals surface area (Å²) in [6, 6.07) is 25.2. The largest absolute Gasteiger partial charge is 1.00 e. The number of ether oxygens (including phenoxy) is 2. The van der Waals surface area contributed by atoms with Crippen molar-refractivity contribution in [2.24, 2.45) is 10.2 Å². The number of aromatic carboxylic acids is 2. The molecule has 0 saturated carbocycles. The first-order valence-electron chi connectivity index (χ1n) is 13.7. The summed E-state index contributed by atoms with van der Waals surface area (Å²) >= 11 is 0. The van der Waals surface area contributed by atoms with Crippen LogP contribution < -0.4 is 89.7 Å². The summed E-state index contributed by atoms with van der Waals surface area (Å²) in [5.74, 6) is -3.86. The minimum atomic E-state index is -1.59. The van der Waals surface area contributed by atoms with Crippen LogP contribution in [0.2, 0.25) is 0 Å². The molecule has 6 rings (SSSR count). The van der Waals surface area contributed by atoms with Gasteiger partial charge in [0.15, 0.2) is 22.4 Å². The first kappa shape index (κ1) is 36.3. The second-order valence-electron chi connectivity index (χ2n) is 9.90. The van der Waals surface area contributed by atoms with Gasteiger partial charge in [-0.2, -0.15) is 10.2 Å². The maximum absolute atomic E-state index is 12.5. The van der Waals surface area contributed by atoms with Crippen molar-refractivity contribution in [3.05, 3.63) is 140 Å². The molecule has 0 spiro atoms. The minimum Gasteiger partial charge on any atom is -0.542 e. The summed E-state index contributed by atoms with van der Waals surface area (Å²) in [5.41, 5.74) is 1.54. The first-order valence-corrected chi connectivity index (χ1v) is 13.7. The number of carboxylic acids is 2. The Kier molecular flexibility index (Phi) is 12.1. The third kappa shape index (κ3) is 8.29. The van der Waals surface area contributed by atoms with Crippen molar-refractivity contribution in [3.8, 4) is 11.5 Å². The van der Waals surface area contributed by atoms with Crippen molar-refractivity contribution in [2.45, 2.75) is 13.2 Å². The molecule has 0 aliphatic rings. The molecule has 0 bridgehead atoms. The molecule has 0 amide bonds. The van der Waals surface area contributed by atoms with Crippen molar-refractivity contribution >= 4 is 45.3 Å². The van der Waals surface area contributed by atoms with Crippen LogP contribution in [0.1, 0.15) is 32.2 Å². The maximum Gasteiger partial charge on any atom is 1.00 e. The standard InChI is InChI=1S/C34H22N2O10.2Na/c37-23-15-29(33(39)40)45-27-11-3-9-25(31(23)27)43-17-19-5-1-7-21(13-19)35-36-22-8-2-6-20(14-22)18-44-26-10-4-12-28-32(26)24(38)16-30(46-28)34(41)42;;/h1-16H,17-18H2,(H,39,40)(H,41,42);;/q;2*+1/p-2. The molecular formula is C34H20N2Na2O10. The van der Waals surface area contributed by atoms with E-state index in [0.717, 1.165) is 23.3 Å². The molecule has 6 aromatic rings. The first-order chi connectivity index (χ1) is 22.2. The Labute approximate surface area is 315 Å². The summed E-state index contributed by atoms with van der Waals surface area (Å²) < 4.78 is 22.3. The molecule has 0 saturated heterocycles. The van der Waals surface area contributed by atoms with Gasteiger partial charge in [0.05, 0.1) is 11.4 Å². The third-order valence-electron chi connectivity index (χ3n) is 6.73. The fourth-order valence-electron chi connectivity index (χ4n) is 4.65. The summed E-state index contributed by atoms with van der Waals surface area (Å²) in [6.07, 6.45) is 0. The van der Waals surface area contributed by atoms with E-state index in [1.54, 1.807) is 60.7 Å². The van der Waals surface area contributed by atoms with Crippen LogP contribution in [0.4, 0.5) is 11.4 Å². The summed E-state index contributed by atoms with van der Waals surface area (Å²) in [5, 5.41) is 31.1. The fraction of sp³-hybridized carbons (Fsp3) is 0.0588. The van der Waals surface area contributed by atoms with E-state index in [0.29, 0.717) is 11.4 Å². The van der Waals surface area contributed by atoms with Gasteiger partial charge in [0, 0.05) is 12.1 Å². The molecule has 2 aromatic heterocycles. The molecule has 228 valence electrons. The van der Waals surface area contributed by atoms with Crippen LogP contribution in [0.3, 0.4) is 0 Å². The molecule has 4 aromatic carbocycles. The van der Waals surface area contributed by atoms with Gasteiger partial charge in [-0.15, -0.1) is 0 Å². The Morgan fingerprint density at radius 3 is 1.38 bits per heavy atom. The van der Waals surface area contributed by atoms with Gasteiger partial charge in [-0.05, 0) is 59.7 Å².